The van der Waals surface area contributed by atoms with Gasteiger partial charge in [-0.3, -0.25) is 9.59 Å². The summed E-state index contributed by atoms with van der Waals surface area (Å²) in [7, 11) is -0.260. The third kappa shape index (κ3) is 5.05. The van der Waals surface area contributed by atoms with Gasteiger partial charge >= 0.3 is 0 Å². The summed E-state index contributed by atoms with van der Waals surface area (Å²) in [6.45, 7) is 0.806. The molecule has 0 aromatic heterocycles. The molecule has 164 valence electrons. The Bertz CT molecular complexity index is 1110. The van der Waals surface area contributed by atoms with Crippen LogP contribution in [-0.2, 0) is 14.6 Å². The lowest BCUT2D eigenvalue weighted by molar-refractivity contribution is -0.134. The van der Waals surface area contributed by atoms with Gasteiger partial charge in [-0.15, -0.1) is 0 Å². The Morgan fingerprint density at radius 2 is 1.65 bits per heavy atom. The lowest BCUT2D eigenvalue weighted by Gasteiger charge is -2.27. The average molecular weight is 445 g/mol. The van der Waals surface area contributed by atoms with Crippen molar-refractivity contribution in [2.75, 3.05) is 33.6 Å². The summed E-state index contributed by atoms with van der Waals surface area (Å²) in [5.41, 5.74) is 0.981. The van der Waals surface area contributed by atoms with Gasteiger partial charge in [0.15, 0.2) is 9.84 Å². The van der Waals surface area contributed by atoms with Crippen molar-refractivity contribution in [3.8, 4) is 11.5 Å². The first-order valence-corrected chi connectivity index (χ1v) is 11.5. The summed E-state index contributed by atoms with van der Waals surface area (Å²) in [4.78, 5) is 25.8. The zero-order chi connectivity index (χ0) is 22.6. The average Bonchev–Trinajstić information content (AvgIpc) is 3.26. The van der Waals surface area contributed by atoms with Gasteiger partial charge < -0.3 is 9.47 Å². The molecule has 1 fully saturated rings. The second kappa shape index (κ2) is 9.22. The van der Waals surface area contributed by atoms with Gasteiger partial charge in [-0.25, -0.2) is 18.4 Å². The van der Waals surface area contributed by atoms with Gasteiger partial charge in [-0.05, 0) is 55.0 Å². The van der Waals surface area contributed by atoms with E-state index in [2.05, 4.69) is 0 Å². The Labute approximate surface area is 181 Å². The molecule has 0 atom stereocenters. The maximum absolute atomic E-state index is 12.9. The van der Waals surface area contributed by atoms with Crippen LogP contribution in [0.4, 0.5) is 0 Å². The first-order chi connectivity index (χ1) is 14.7. The van der Waals surface area contributed by atoms with Crippen LogP contribution in [0.2, 0.25) is 0 Å². The van der Waals surface area contributed by atoms with Gasteiger partial charge in [0, 0.05) is 36.5 Å². The van der Waals surface area contributed by atoms with Gasteiger partial charge in [0.05, 0.1) is 19.1 Å². The molecule has 2 amide bonds. The van der Waals surface area contributed by atoms with Gasteiger partial charge in [-0.1, -0.05) is 0 Å². The molecule has 0 N–H and O–H groups in total. The number of hydrazine groups is 1. The van der Waals surface area contributed by atoms with E-state index in [0.29, 0.717) is 42.1 Å². The number of hydrogen-bond acceptors (Lipinski definition) is 6. The second-order valence-corrected chi connectivity index (χ2v) is 9.00. The number of sulfone groups is 1. The van der Waals surface area contributed by atoms with E-state index in [-0.39, 0.29) is 16.7 Å². The molecule has 1 aliphatic rings. The standard InChI is InChI=1S/C22H24N2O6S/c1-29-18-8-11-20(30-2)17(15-18)7-12-21(25)23-13-4-14-24(23)22(26)16-5-9-19(10-6-16)31(3,27)28/h5-12,15H,4,13-14H2,1-3H3. The van der Waals surface area contributed by atoms with Crippen molar-refractivity contribution >= 4 is 27.7 Å². The van der Waals surface area contributed by atoms with Crippen LogP contribution in [0.5, 0.6) is 11.5 Å². The minimum atomic E-state index is -3.35. The summed E-state index contributed by atoms with van der Waals surface area (Å²) >= 11 is 0. The highest BCUT2D eigenvalue weighted by Gasteiger charge is 2.30. The number of hydrogen-bond donors (Lipinski definition) is 0. The number of amides is 2. The number of benzene rings is 2. The van der Waals surface area contributed by atoms with Crippen molar-refractivity contribution < 1.29 is 27.5 Å². The molecule has 0 radical (unpaired) electrons. The van der Waals surface area contributed by atoms with Crippen molar-refractivity contribution in [2.24, 2.45) is 0 Å². The molecule has 1 heterocycles. The number of methoxy groups -OCH3 is 2. The van der Waals surface area contributed by atoms with Crippen LogP contribution in [0.3, 0.4) is 0 Å². The minimum Gasteiger partial charge on any atom is -0.497 e. The lowest BCUT2D eigenvalue weighted by atomic mass is 10.1. The minimum absolute atomic E-state index is 0.133. The molecule has 31 heavy (non-hydrogen) atoms. The summed E-state index contributed by atoms with van der Waals surface area (Å²) in [5, 5.41) is 2.76. The third-order valence-corrected chi connectivity index (χ3v) is 6.02. The van der Waals surface area contributed by atoms with Crippen molar-refractivity contribution in [3.63, 3.8) is 0 Å². The molecular formula is C22H24N2O6S. The third-order valence-electron chi connectivity index (χ3n) is 4.89. The quantitative estimate of drug-likeness (QED) is 0.636. The van der Waals surface area contributed by atoms with Crippen molar-refractivity contribution in [1.29, 1.82) is 0 Å². The molecule has 2 aromatic carbocycles. The Morgan fingerprint density at radius 1 is 0.968 bits per heavy atom. The molecule has 0 bridgehead atoms. The fourth-order valence-electron chi connectivity index (χ4n) is 3.26. The fraction of sp³-hybridized carbons (Fsp3) is 0.273. The normalized spacial score (nSPS) is 14.2. The summed E-state index contributed by atoms with van der Waals surface area (Å²) < 4.78 is 33.8. The van der Waals surface area contributed by atoms with Gasteiger partial charge in [0.2, 0.25) is 0 Å². The first kappa shape index (κ1) is 22.4. The highest BCUT2D eigenvalue weighted by Crippen LogP contribution is 2.25. The summed E-state index contributed by atoms with van der Waals surface area (Å²) in [5.74, 6) is 0.510. The van der Waals surface area contributed by atoms with E-state index in [1.807, 2.05) is 0 Å². The van der Waals surface area contributed by atoms with Crippen LogP contribution >= 0.6 is 0 Å². The van der Waals surface area contributed by atoms with E-state index in [1.165, 1.54) is 47.5 Å². The van der Waals surface area contributed by atoms with E-state index in [0.717, 1.165) is 6.26 Å². The maximum Gasteiger partial charge on any atom is 0.272 e. The maximum atomic E-state index is 12.9. The van der Waals surface area contributed by atoms with Gasteiger partial charge in [-0.2, -0.15) is 0 Å². The molecule has 0 saturated carbocycles. The highest BCUT2D eigenvalue weighted by atomic mass is 32.2. The Morgan fingerprint density at radius 3 is 2.26 bits per heavy atom. The topological polar surface area (TPSA) is 93.2 Å². The number of nitrogens with zero attached hydrogens (tertiary/aromatic N) is 2. The molecule has 8 nitrogen and oxygen atoms in total. The molecule has 0 aliphatic carbocycles. The molecule has 0 unspecified atom stereocenters. The van der Waals surface area contributed by atoms with Crippen molar-refractivity contribution in [3.05, 3.63) is 59.7 Å². The van der Waals surface area contributed by atoms with Crippen LogP contribution in [0, 0.1) is 0 Å². The number of carbonyl (C=O) groups is 2. The molecule has 1 saturated heterocycles. The van der Waals surface area contributed by atoms with Gasteiger partial charge in [0.1, 0.15) is 11.5 Å². The molecular weight excluding hydrogens is 420 g/mol. The van der Waals surface area contributed by atoms with E-state index in [1.54, 1.807) is 31.4 Å². The van der Waals surface area contributed by atoms with Crippen LogP contribution in [0.15, 0.2) is 53.4 Å². The predicted molar refractivity (Wildman–Crippen MR) is 115 cm³/mol. The number of ether oxygens (including phenoxy) is 2. The second-order valence-electron chi connectivity index (χ2n) is 6.98. The van der Waals surface area contributed by atoms with E-state index in [4.69, 9.17) is 9.47 Å². The first-order valence-electron chi connectivity index (χ1n) is 9.58. The monoisotopic (exact) mass is 444 g/mol. The Kier molecular flexibility index (Phi) is 6.65. The van der Waals surface area contributed by atoms with E-state index >= 15 is 0 Å². The van der Waals surface area contributed by atoms with E-state index in [9.17, 15) is 18.0 Å². The molecule has 3 rings (SSSR count). The van der Waals surface area contributed by atoms with E-state index < -0.39 is 9.84 Å². The molecule has 2 aromatic rings. The summed E-state index contributed by atoms with van der Waals surface area (Å²) in [6, 6.07) is 10.9. The van der Waals surface area contributed by atoms with Crippen LogP contribution in [-0.4, -0.2) is 63.8 Å². The predicted octanol–water partition coefficient (Wildman–Crippen LogP) is 2.41. The molecule has 1 aliphatic heterocycles. The van der Waals surface area contributed by atoms with Crippen LogP contribution < -0.4 is 9.47 Å². The Hall–Kier alpha value is -3.33. The molecule has 0 spiro atoms. The van der Waals surface area contributed by atoms with Crippen LogP contribution in [0.25, 0.3) is 6.08 Å². The highest BCUT2D eigenvalue weighted by molar-refractivity contribution is 7.90. The lowest BCUT2D eigenvalue weighted by Crippen LogP contribution is -2.44. The summed E-state index contributed by atoms with van der Waals surface area (Å²) in [6.07, 6.45) is 4.75. The van der Waals surface area contributed by atoms with Crippen molar-refractivity contribution in [1.82, 2.24) is 10.0 Å². The van der Waals surface area contributed by atoms with Gasteiger partial charge in [0.25, 0.3) is 11.8 Å². The number of carbonyl (C=O) groups excluding carboxylic acids is 2. The SMILES string of the molecule is COc1ccc(OC)c(C=CC(=O)N2CCCN2C(=O)c2ccc(S(C)(=O)=O)cc2)c1. The largest absolute Gasteiger partial charge is 0.497 e. The number of rotatable bonds is 6. The molecule has 9 heteroatoms. The zero-order valence-electron chi connectivity index (χ0n) is 17.6. The zero-order valence-corrected chi connectivity index (χ0v) is 18.4. The smallest absolute Gasteiger partial charge is 0.272 e. The Balaban J connectivity index is 1.77. The fourth-order valence-corrected chi connectivity index (χ4v) is 3.89. The van der Waals surface area contributed by atoms with Crippen LogP contribution in [0.1, 0.15) is 22.3 Å². The van der Waals surface area contributed by atoms with Crippen molar-refractivity contribution in [2.45, 2.75) is 11.3 Å².